The van der Waals surface area contributed by atoms with Gasteiger partial charge in [-0.2, -0.15) is 0 Å². The summed E-state index contributed by atoms with van der Waals surface area (Å²) in [6.45, 7) is 6.79. The van der Waals surface area contributed by atoms with Crippen LogP contribution in [0.25, 0.3) is 27.7 Å². The normalized spacial score (nSPS) is 11.4. The molecule has 1 amide bonds. The predicted octanol–water partition coefficient (Wildman–Crippen LogP) is 6.54. The maximum Gasteiger partial charge on any atom is 0.244 e. The quantitative estimate of drug-likeness (QED) is 0.273. The van der Waals surface area contributed by atoms with E-state index in [0.717, 1.165) is 44.4 Å². The number of carbonyl (C=O) groups excluding carboxylic acids is 1. The van der Waals surface area contributed by atoms with Gasteiger partial charge in [-0.3, -0.25) is 4.79 Å². The second-order valence-corrected chi connectivity index (χ2v) is 8.44. The molecule has 0 aliphatic carbocycles. The number of amides is 1. The van der Waals surface area contributed by atoms with Crippen LogP contribution in [-0.4, -0.2) is 26.7 Å². The van der Waals surface area contributed by atoms with Gasteiger partial charge in [-0.05, 0) is 55.7 Å². The number of ether oxygens (including phenoxy) is 3. The molecular formula is C30H31NO5. The Balaban J connectivity index is 1.74. The van der Waals surface area contributed by atoms with Crippen LogP contribution < -0.4 is 19.5 Å². The molecule has 0 spiro atoms. The zero-order chi connectivity index (χ0) is 25.7. The largest absolute Gasteiger partial charge is 0.493 e. The van der Waals surface area contributed by atoms with Crippen LogP contribution >= 0.6 is 0 Å². The molecule has 0 radical (unpaired) electrons. The molecule has 0 aliphatic rings. The summed E-state index contributed by atoms with van der Waals surface area (Å²) in [7, 11) is 3.23. The third-order valence-electron chi connectivity index (χ3n) is 6.11. The van der Waals surface area contributed by atoms with Crippen molar-refractivity contribution in [2.24, 2.45) is 0 Å². The minimum absolute atomic E-state index is 0.163. The molecule has 1 heterocycles. The molecule has 3 aromatic carbocycles. The van der Waals surface area contributed by atoms with Gasteiger partial charge in [0.15, 0.2) is 11.5 Å². The number of aryl methyl sites for hydroxylation is 1. The van der Waals surface area contributed by atoms with Crippen molar-refractivity contribution in [1.82, 2.24) is 5.32 Å². The molecule has 0 bridgehead atoms. The lowest BCUT2D eigenvalue weighted by molar-refractivity contribution is -0.116. The fourth-order valence-corrected chi connectivity index (χ4v) is 4.28. The van der Waals surface area contributed by atoms with Crippen LogP contribution in [0.3, 0.4) is 0 Å². The highest BCUT2D eigenvalue weighted by Gasteiger charge is 2.20. The van der Waals surface area contributed by atoms with E-state index >= 15 is 0 Å². The van der Waals surface area contributed by atoms with Gasteiger partial charge in [-0.15, -0.1) is 0 Å². The van der Waals surface area contributed by atoms with Gasteiger partial charge in [0.25, 0.3) is 0 Å². The van der Waals surface area contributed by atoms with Gasteiger partial charge in [-0.1, -0.05) is 36.4 Å². The number of hydrogen-bond donors (Lipinski definition) is 1. The Labute approximate surface area is 211 Å². The first-order valence-electron chi connectivity index (χ1n) is 11.9. The van der Waals surface area contributed by atoms with Gasteiger partial charge in [-0.25, -0.2) is 0 Å². The number of benzene rings is 3. The summed E-state index contributed by atoms with van der Waals surface area (Å²) < 4.78 is 22.9. The predicted molar refractivity (Wildman–Crippen MR) is 143 cm³/mol. The van der Waals surface area contributed by atoms with Crippen LogP contribution in [0.1, 0.15) is 30.5 Å². The van der Waals surface area contributed by atoms with Gasteiger partial charge in [0.1, 0.15) is 11.3 Å². The van der Waals surface area contributed by atoms with Crippen LogP contribution in [0, 0.1) is 6.92 Å². The van der Waals surface area contributed by atoms with Crippen molar-refractivity contribution in [2.45, 2.75) is 27.3 Å². The fraction of sp³-hybridized carbons (Fsp3) is 0.233. The van der Waals surface area contributed by atoms with Gasteiger partial charge in [0, 0.05) is 34.7 Å². The Morgan fingerprint density at radius 3 is 2.47 bits per heavy atom. The maximum absolute atomic E-state index is 12.7. The third-order valence-corrected chi connectivity index (χ3v) is 6.11. The first-order chi connectivity index (χ1) is 17.5. The smallest absolute Gasteiger partial charge is 0.244 e. The number of rotatable bonds is 9. The Morgan fingerprint density at radius 1 is 1.03 bits per heavy atom. The van der Waals surface area contributed by atoms with E-state index < -0.39 is 0 Å². The number of fused-ring (bicyclic) bond motifs is 1. The second kappa shape index (κ2) is 11.0. The topological polar surface area (TPSA) is 69.9 Å². The summed E-state index contributed by atoms with van der Waals surface area (Å²) >= 11 is 0. The molecule has 4 aromatic rings. The molecule has 36 heavy (non-hydrogen) atoms. The first-order valence-corrected chi connectivity index (χ1v) is 11.9. The summed E-state index contributed by atoms with van der Waals surface area (Å²) in [6, 6.07) is 17.6. The van der Waals surface area contributed by atoms with Gasteiger partial charge in [0.05, 0.1) is 27.1 Å². The molecule has 1 N–H and O–H groups in total. The molecule has 0 aliphatic heterocycles. The van der Waals surface area contributed by atoms with Crippen molar-refractivity contribution in [3.63, 3.8) is 0 Å². The molecule has 0 unspecified atom stereocenters. The van der Waals surface area contributed by atoms with E-state index in [4.69, 9.17) is 18.6 Å². The maximum atomic E-state index is 12.7. The number of nitrogens with one attached hydrogen (secondary N) is 1. The zero-order valence-corrected chi connectivity index (χ0v) is 21.3. The van der Waals surface area contributed by atoms with Crippen molar-refractivity contribution in [3.8, 4) is 28.4 Å². The van der Waals surface area contributed by atoms with E-state index in [9.17, 15) is 4.79 Å². The van der Waals surface area contributed by atoms with Crippen molar-refractivity contribution in [2.75, 3.05) is 20.8 Å². The standard InChI is InChI=1S/C30H31NO5/c1-6-35-29-20(3)30-24(25(18-36-30)22-12-13-26(33-4)27(15-22)34-5)16-23(29)19(2)14-28(32)31-17-21-10-8-7-9-11-21/h7-16,18H,6,17H2,1-5H3,(H,31,32)/b19-14+. The lowest BCUT2D eigenvalue weighted by atomic mass is 9.96. The Kier molecular flexibility index (Phi) is 7.64. The van der Waals surface area contributed by atoms with Crippen molar-refractivity contribution in [3.05, 3.63) is 83.6 Å². The summed E-state index contributed by atoms with van der Waals surface area (Å²) in [5, 5.41) is 3.88. The average Bonchev–Trinajstić information content (AvgIpc) is 3.33. The molecule has 0 fully saturated rings. The monoisotopic (exact) mass is 485 g/mol. The van der Waals surface area contributed by atoms with Gasteiger partial charge < -0.3 is 23.9 Å². The van der Waals surface area contributed by atoms with Crippen LogP contribution in [-0.2, 0) is 11.3 Å². The van der Waals surface area contributed by atoms with E-state index in [1.54, 1.807) is 26.6 Å². The van der Waals surface area contributed by atoms with Crippen molar-refractivity contribution < 1.29 is 23.4 Å². The fourth-order valence-electron chi connectivity index (χ4n) is 4.28. The molecule has 6 nitrogen and oxygen atoms in total. The van der Waals surface area contributed by atoms with E-state index in [2.05, 4.69) is 5.32 Å². The summed E-state index contributed by atoms with van der Waals surface area (Å²) in [6.07, 6.45) is 3.35. The highest BCUT2D eigenvalue weighted by atomic mass is 16.5. The Bertz CT molecular complexity index is 1400. The highest BCUT2D eigenvalue weighted by Crippen LogP contribution is 2.42. The molecule has 0 saturated heterocycles. The van der Waals surface area contributed by atoms with E-state index in [1.165, 1.54) is 0 Å². The number of methoxy groups -OCH3 is 2. The second-order valence-electron chi connectivity index (χ2n) is 8.44. The minimum Gasteiger partial charge on any atom is -0.493 e. The van der Waals surface area contributed by atoms with E-state index in [1.807, 2.05) is 75.4 Å². The van der Waals surface area contributed by atoms with Gasteiger partial charge in [0.2, 0.25) is 5.91 Å². The van der Waals surface area contributed by atoms with Crippen molar-refractivity contribution >= 4 is 22.4 Å². The van der Waals surface area contributed by atoms with Crippen LogP contribution in [0.4, 0.5) is 0 Å². The molecule has 1 aromatic heterocycles. The molecule has 4 rings (SSSR count). The van der Waals surface area contributed by atoms with Gasteiger partial charge >= 0.3 is 0 Å². The highest BCUT2D eigenvalue weighted by molar-refractivity contribution is 6.01. The third kappa shape index (κ3) is 5.08. The number of carbonyl (C=O) groups is 1. The summed E-state index contributed by atoms with van der Waals surface area (Å²) in [4.78, 5) is 12.7. The van der Waals surface area contributed by atoms with Crippen LogP contribution in [0.2, 0.25) is 0 Å². The van der Waals surface area contributed by atoms with Crippen LogP contribution in [0.15, 0.2) is 71.4 Å². The minimum atomic E-state index is -0.163. The number of furan rings is 1. The zero-order valence-electron chi connectivity index (χ0n) is 21.3. The summed E-state index contributed by atoms with van der Waals surface area (Å²) in [5.41, 5.74) is 6.17. The lowest BCUT2D eigenvalue weighted by Gasteiger charge is -2.15. The Hall–Kier alpha value is -4.19. The molecular weight excluding hydrogens is 454 g/mol. The number of allylic oxidation sites excluding steroid dienone is 1. The first kappa shape index (κ1) is 24.9. The molecule has 0 atom stereocenters. The van der Waals surface area contributed by atoms with Crippen LogP contribution in [0.5, 0.6) is 17.2 Å². The molecule has 0 saturated carbocycles. The lowest BCUT2D eigenvalue weighted by Crippen LogP contribution is -2.20. The van der Waals surface area contributed by atoms with E-state index in [0.29, 0.717) is 30.4 Å². The van der Waals surface area contributed by atoms with E-state index in [-0.39, 0.29) is 5.91 Å². The van der Waals surface area contributed by atoms with Crippen molar-refractivity contribution in [1.29, 1.82) is 0 Å². The summed E-state index contributed by atoms with van der Waals surface area (Å²) in [5.74, 6) is 1.84. The average molecular weight is 486 g/mol. The SMILES string of the molecule is CCOc1c(/C(C)=C/C(=O)NCc2ccccc2)cc2c(-c3ccc(OC)c(OC)c3)coc2c1C. The molecule has 186 valence electrons. The Morgan fingerprint density at radius 2 is 1.78 bits per heavy atom. The molecule has 6 heteroatoms. The number of hydrogen-bond acceptors (Lipinski definition) is 5.